The van der Waals surface area contributed by atoms with Crippen molar-refractivity contribution in [2.24, 2.45) is 0 Å². The highest BCUT2D eigenvalue weighted by Gasteiger charge is 2.30. The summed E-state index contributed by atoms with van der Waals surface area (Å²) in [6.45, 7) is 9.18. The number of benzene rings is 1. The molecule has 0 aliphatic carbocycles. The van der Waals surface area contributed by atoms with Gasteiger partial charge in [-0.05, 0) is 57.7 Å². The lowest BCUT2D eigenvalue weighted by atomic mass is 10.1. The Hall–Kier alpha value is -1.60. The number of amides is 1. The standard InChI is InChI=1S/C22H36N2O4S/c1-5-6-7-8-10-19-11-13-20(14-12-19)29(26,27)24-16-9-15-23(17-18-24)21(25)28-22(2,3)4/h11-14H,5-10,15-18H2,1-4H3. The van der Waals surface area contributed by atoms with Gasteiger partial charge >= 0.3 is 6.09 Å². The molecule has 164 valence electrons. The summed E-state index contributed by atoms with van der Waals surface area (Å²) >= 11 is 0. The molecule has 1 aromatic rings. The minimum Gasteiger partial charge on any atom is -0.444 e. The molecule has 0 spiro atoms. The molecule has 0 radical (unpaired) electrons. The van der Waals surface area contributed by atoms with Crippen LogP contribution in [0.4, 0.5) is 4.79 Å². The van der Waals surface area contributed by atoms with Gasteiger partial charge in [-0.1, -0.05) is 38.3 Å². The van der Waals surface area contributed by atoms with Crippen LogP contribution in [0.25, 0.3) is 0 Å². The predicted molar refractivity (Wildman–Crippen MR) is 115 cm³/mol. The van der Waals surface area contributed by atoms with Crippen LogP contribution in [-0.4, -0.2) is 55.5 Å². The highest BCUT2D eigenvalue weighted by atomic mass is 32.2. The van der Waals surface area contributed by atoms with Gasteiger partial charge in [0.1, 0.15) is 5.60 Å². The van der Waals surface area contributed by atoms with Crippen LogP contribution in [0.3, 0.4) is 0 Å². The Labute approximate surface area is 176 Å². The fraction of sp³-hybridized carbons (Fsp3) is 0.682. The Morgan fingerprint density at radius 1 is 1.00 bits per heavy atom. The molecule has 1 aliphatic rings. The molecule has 1 fully saturated rings. The number of ether oxygens (including phenoxy) is 1. The third-order valence-electron chi connectivity index (χ3n) is 4.99. The van der Waals surface area contributed by atoms with Gasteiger partial charge in [0, 0.05) is 26.2 Å². The second kappa shape index (κ2) is 10.4. The Kier molecular flexibility index (Phi) is 8.52. The summed E-state index contributed by atoms with van der Waals surface area (Å²) in [7, 11) is -3.56. The molecule has 0 unspecified atom stereocenters. The van der Waals surface area contributed by atoms with Crippen LogP contribution in [0, 0.1) is 0 Å². The molecule has 2 rings (SSSR count). The molecule has 1 aliphatic heterocycles. The van der Waals surface area contributed by atoms with E-state index in [1.807, 2.05) is 32.9 Å². The van der Waals surface area contributed by atoms with E-state index in [1.54, 1.807) is 17.0 Å². The van der Waals surface area contributed by atoms with Crippen LogP contribution < -0.4 is 0 Å². The quantitative estimate of drug-likeness (QED) is 0.607. The molecular formula is C22H36N2O4S. The lowest BCUT2D eigenvalue weighted by molar-refractivity contribution is 0.0260. The van der Waals surface area contributed by atoms with E-state index in [-0.39, 0.29) is 12.6 Å². The molecular weight excluding hydrogens is 388 g/mol. The normalized spacial score (nSPS) is 16.5. The maximum Gasteiger partial charge on any atom is 0.410 e. The highest BCUT2D eigenvalue weighted by Crippen LogP contribution is 2.20. The highest BCUT2D eigenvalue weighted by molar-refractivity contribution is 7.89. The third-order valence-corrected chi connectivity index (χ3v) is 6.90. The van der Waals surface area contributed by atoms with Crippen molar-refractivity contribution in [2.75, 3.05) is 26.2 Å². The fourth-order valence-corrected chi connectivity index (χ4v) is 4.85. The van der Waals surface area contributed by atoms with Gasteiger partial charge in [-0.3, -0.25) is 0 Å². The van der Waals surface area contributed by atoms with Gasteiger partial charge in [0.05, 0.1) is 4.90 Å². The van der Waals surface area contributed by atoms with Crippen molar-refractivity contribution in [3.63, 3.8) is 0 Å². The van der Waals surface area contributed by atoms with E-state index in [4.69, 9.17) is 4.74 Å². The topological polar surface area (TPSA) is 66.9 Å². The fourth-order valence-electron chi connectivity index (χ4n) is 3.38. The van der Waals surface area contributed by atoms with Crippen LogP contribution in [0.5, 0.6) is 0 Å². The van der Waals surface area contributed by atoms with Crippen molar-refractivity contribution >= 4 is 16.1 Å². The van der Waals surface area contributed by atoms with Crippen molar-refractivity contribution in [3.8, 4) is 0 Å². The molecule has 1 aromatic carbocycles. The van der Waals surface area contributed by atoms with Gasteiger partial charge in [-0.25, -0.2) is 13.2 Å². The summed E-state index contributed by atoms with van der Waals surface area (Å²) in [4.78, 5) is 14.2. The summed E-state index contributed by atoms with van der Waals surface area (Å²) in [5, 5.41) is 0. The number of carbonyl (C=O) groups excluding carboxylic acids is 1. The van der Waals surface area contributed by atoms with Gasteiger partial charge in [0.15, 0.2) is 0 Å². The maximum absolute atomic E-state index is 13.0. The molecule has 0 N–H and O–H groups in total. The van der Waals surface area contributed by atoms with E-state index >= 15 is 0 Å². The molecule has 0 bridgehead atoms. The first-order chi connectivity index (χ1) is 13.6. The minimum absolute atomic E-state index is 0.278. The largest absolute Gasteiger partial charge is 0.444 e. The minimum atomic E-state index is -3.56. The van der Waals surface area contributed by atoms with E-state index in [9.17, 15) is 13.2 Å². The number of sulfonamides is 1. The zero-order valence-corrected chi connectivity index (χ0v) is 19.1. The molecule has 29 heavy (non-hydrogen) atoms. The van der Waals surface area contributed by atoms with Crippen LogP contribution in [0.2, 0.25) is 0 Å². The van der Waals surface area contributed by atoms with Crippen LogP contribution >= 0.6 is 0 Å². The van der Waals surface area contributed by atoms with E-state index < -0.39 is 15.6 Å². The summed E-state index contributed by atoms with van der Waals surface area (Å²) in [6.07, 6.45) is 5.97. The summed E-state index contributed by atoms with van der Waals surface area (Å²) < 4.78 is 33.0. The van der Waals surface area contributed by atoms with Gasteiger partial charge in [-0.2, -0.15) is 4.31 Å². The average molecular weight is 425 g/mol. The number of nitrogens with zero attached hydrogens (tertiary/aromatic N) is 2. The summed E-state index contributed by atoms with van der Waals surface area (Å²) in [5.41, 5.74) is 0.611. The van der Waals surface area contributed by atoms with Crippen molar-refractivity contribution in [3.05, 3.63) is 29.8 Å². The van der Waals surface area contributed by atoms with E-state index in [2.05, 4.69) is 6.92 Å². The summed E-state index contributed by atoms with van der Waals surface area (Å²) in [6, 6.07) is 7.26. The number of carbonyl (C=O) groups is 1. The number of unbranched alkanes of at least 4 members (excludes halogenated alkanes) is 3. The molecule has 1 amide bonds. The van der Waals surface area contributed by atoms with Crippen molar-refractivity contribution in [1.29, 1.82) is 0 Å². The van der Waals surface area contributed by atoms with Crippen molar-refractivity contribution in [2.45, 2.75) is 76.7 Å². The lowest BCUT2D eigenvalue weighted by Crippen LogP contribution is -2.40. The van der Waals surface area contributed by atoms with Gasteiger partial charge in [0.2, 0.25) is 10.0 Å². The first-order valence-electron chi connectivity index (χ1n) is 10.7. The van der Waals surface area contributed by atoms with Gasteiger partial charge in [-0.15, -0.1) is 0 Å². The molecule has 0 saturated carbocycles. The number of hydrogen-bond donors (Lipinski definition) is 0. The van der Waals surface area contributed by atoms with E-state index in [0.717, 1.165) is 12.8 Å². The number of hydrogen-bond acceptors (Lipinski definition) is 4. The maximum atomic E-state index is 13.0. The Balaban J connectivity index is 1.97. The van der Waals surface area contributed by atoms with E-state index in [1.165, 1.54) is 29.1 Å². The predicted octanol–water partition coefficient (Wildman–Crippen LogP) is 4.44. The van der Waals surface area contributed by atoms with Crippen LogP contribution in [0.1, 0.15) is 65.4 Å². The summed E-state index contributed by atoms with van der Waals surface area (Å²) in [5.74, 6) is 0. The average Bonchev–Trinajstić information content (AvgIpc) is 2.91. The third kappa shape index (κ3) is 7.30. The number of aryl methyl sites for hydroxylation is 1. The zero-order valence-electron chi connectivity index (χ0n) is 18.3. The van der Waals surface area contributed by atoms with E-state index in [0.29, 0.717) is 31.0 Å². The Bertz CT molecular complexity index is 754. The van der Waals surface area contributed by atoms with Gasteiger partial charge < -0.3 is 9.64 Å². The molecule has 1 heterocycles. The molecule has 6 nitrogen and oxygen atoms in total. The Morgan fingerprint density at radius 3 is 2.31 bits per heavy atom. The second-order valence-electron chi connectivity index (χ2n) is 8.68. The zero-order chi connectivity index (χ0) is 21.5. The first kappa shape index (κ1) is 23.7. The smallest absolute Gasteiger partial charge is 0.410 e. The van der Waals surface area contributed by atoms with Crippen LogP contribution in [0.15, 0.2) is 29.2 Å². The van der Waals surface area contributed by atoms with Crippen molar-refractivity contribution < 1.29 is 17.9 Å². The molecule has 0 atom stereocenters. The molecule has 0 aromatic heterocycles. The number of rotatable bonds is 7. The molecule has 7 heteroatoms. The molecule has 1 saturated heterocycles. The van der Waals surface area contributed by atoms with Crippen LogP contribution in [-0.2, 0) is 21.2 Å². The van der Waals surface area contributed by atoms with Gasteiger partial charge in [0.25, 0.3) is 0 Å². The van der Waals surface area contributed by atoms with Crippen molar-refractivity contribution in [1.82, 2.24) is 9.21 Å². The Morgan fingerprint density at radius 2 is 1.69 bits per heavy atom. The first-order valence-corrected chi connectivity index (χ1v) is 12.1. The lowest BCUT2D eigenvalue weighted by Gasteiger charge is -2.26. The SMILES string of the molecule is CCCCCCc1ccc(S(=O)(=O)N2CCCN(C(=O)OC(C)(C)C)CC2)cc1. The monoisotopic (exact) mass is 424 g/mol. The second-order valence-corrected chi connectivity index (χ2v) is 10.6.